The molecule has 0 spiro atoms. The number of rotatable bonds is 17. The van der Waals surface area contributed by atoms with Crippen LogP contribution in [-0.2, 0) is 28.4 Å². The molecule has 4 aliphatic rings. The number of fused-ring (bicyclic) bond motifs is 1. The Bertz CT molecular complexity index is 1670. The van der Waals surface area contributed by atoms with Gasteiger partial charge in [-0.15, -0.1) is 0 Å². The van der Waals surface area contributed by atoms with E-state index in [1.807, 2.05) is 0 Å². The Morgan fingerprint density at radius 1 is 0.579 bits per heavy atom. The van der Waals surface area contributed by atoms with Crippen molar-refractivity contribution in [2.75, 3.05) is 85.7 Å². The zero-order chi connectivity index (χ0) is 40.5. The highest BCUT2D eigenvalue weighted by atomic mass is 16.6. The SMILES string of the molecule is CC(C)(C)OC(=O)N(CCOCCOCCOCCOCC12CN3CN(C1)C(c1ccccc1)N(C2)C(c1ccccc1)C3c1ccccc1)C(=O)OC(C)(C)C. The van der Waals surface area contributed by atoms with Crippen molar-refractivity contribution in [2.24, 2.45) is 5.41 Å². The van der Waals surface area contributed by atoms with Crippen LogP contribution in [0.15, 0.2) is 91.0 Å². The summed E-state index contributed by atoms with van der Waals surface area (Å²) in [5.74, 6) is 0. The summed E-state index contributed by atoms with van der Waals surface area (Å²) in [5, 5.41) is 0. The molecule has 4 heterocycles. The highest BCUT2D eigenvalue weighted by molar-refractivity contribution is 5.88. The summed E-state index contributed by atoms with van der Waals surface area (Å²) >= 11 is 0. The third-order valence-electron chi connectivity index (χ3n) is 10.3. The fraction of sp³-hybridized carbons (Fsp3) is 0.556. The summed E-state index contributed by atoms with van der Waals surface area (Å²) in [5.41, 5.74) is 2.44. The molecule has 7 unspecified atom stereocenters. The maximum atomic E-state index is 12.7. The quantitative estimate of drug-likeness (QED) is 0.129. The summed E-state index contributed by atoms with van der Waals surface area (Å²) in [6.45, 7) is 17.5. The van der Waals surface area contributed by atoms with E-state index in [0.29, 0.717) is 46.2 Å². The van der Waals surface area contributed by atoms with Gasteiger partial charge in [0.1, 0.15) is 11.2 Å². The Labute approximate surface area is 338 Å². The first kappa shape index (κ1) is 42.7. The van der Waals surface area contributed by atoms with Crippen LogP contribution in [0.3, 0.4) is 0 Å². The largest absolute Gasteiger partial charge is 0.443 e. The molecule has 0 aromatic heterocycles. The second kappa shape index (κ2) is 19.2. The van der Waals surface area contributed by atoms with Crippen molar-refractivity contribution in [2.45, 2.75) is 71.0 Å². The summed E-state index contributed by atoms with van der Waals surface area (Å²) in [7, 11) is 0. The van der Waals surface area contributed by atoms with Crippen molar-refractivity contribution in [1.82, 2.24) is 19.6 Å². The minimum Gasteiger partial charge on any atom is -0.443 e. The van der Waals surface area contributed by atoms with Gasteiger partial charge >= 0.3 is 12.2 Å². The molecule has 3 aromatic carbocycles. The molecule has 4 bridgehead atoms. The molecule has 0 radical (unpaired) electrons. The molecule has 0 aliphatic carbocycles. The fourth-order valence-electron chi connectivity index (χ4n) is 8.24. The van der Waals surface area contributed by atoms with Crippen LogP contribution < -0.4 is 0 Å². The lowest BCUT2D eigenvalue weighted by atomic mass is 9.82. The van der Waals surface area contributed by atoms with Gasteiger partial charge in [-0.1, -0.05) is 91.0 Å². The first-order valence-corrected chi connectivity index (χ1v) is 20.3. The van der Waals surface area contributed by atoms with Crippen LogP contribution in [0, 0.1) is 5.41 Å². The maximum absolute atomic E-state index is 12.7. The van der Waals surface area contributed by atoms with E-state index in [4.69, 9.17) is 28.4 Å². The summed E-state index contributed by atoms with van der Waals surface area (Å²) in [6, 6.07) is 33.3. The van der Waals surface area contributed by atoms with Crippen molar-refractivity contribution in [3.05, 3.63) is 108 Å². The Morgan fingerprint density at radius 2 is 1.02 bits per heavy atom. The third kappa shape index (κ3) is 11.6. The van der Waals surface area contributed by atoms with E-state index in [1.54, 1.807) is 41.5 Å². The Kier molecular flexibility index (Phi) is 14.4. The van der Waals surface area contributed by atoms with Crippen molar-refractivity contribution < 1.29 is 38.0 Å². The van der Waals surface area contributed by atoms with Crippen molar-refractivity contribution in [1.29, 1.82) is 0 Å². The highest BCUT2D eigenvalue weighted by Crippen LogP contribution is 2.54. The molecule has 2 amide bonds. The standard InChI is InChI=1S/C45H62N4O8/c1-43(2,3)56-41(50)48(42(51)57-44(4,5)6)22-23-52-24-25-53-26-27-54-28-29-55-33-45-30-46-34-47(31-45)40(37-20-14-9-15-21-37)49(32-45)39(36-18-12-8-13-19-36)38(46)35-16-10-7-11-17-35/h7-21,38-40H,22-34H2,1-6H3. The molecule has 12 heteroatoms. The molecule has 7 rings (SSSR count). The van der Waals surface area contributed by atoms with Gasteiger partial charge in [0.05, 0.1) is 84.3 Å². The van der Waals surface area contributed by atoms with E-state index in [1.165, 1.54) is 16.7 Å². The molecule has 57 heavy (non-hydrogen) atoms. The lowest BCUT2D eigenvalue weighted by Gasteiger charge is -2.55. The van der Waals surface area contributed by atoms with E-state index in [9.17, 15) is 9.59 Å². The number of hydrogen-bond donors (Lipinski definition) is 0. The lowest BCUT2D eigenvalue weighted by molar-refractivity contribution is -0.141. The van der Waals surface area contributed by atoms with E-state index in [-0.39, 0.29) is 36.8 Å². The molecule has 4 fully saturated rings. The number of nitrogens with zero attached hydrogens (tertiary/aromatic N) is 4. The van der Waals surface area contributed by atoms with Gasteiger partial charge in [0.25, 0.3) is 0 Å². The van der Waals surface area contributed by atoms with Crippen molar-refractivity contribution in [3.63, 3.8) is 0 Å². The summed E-state index contributed by atoms with van der Waals surface area (Å²) < 4.78 is 34.4. The number of imide groups is 1. The molecule has 12 nitrogen and oxygen atoms in total. The van der Waals surface area contributed by atoms with Crippen LogP contribution >= 0.6 is 0 Å². The first-order valence-electron chi connectivity index (χ1n) is 20.3. The molecule has 4 aliphatic heterocycles. The normalized spacial score (nSPS) is 25.5. The van der Waals surface area contributed by atoms with Gasteiger partial charge in [0.2, 0.25) is 0 Å². The number of amides is 2. The topological polar surface area (TPSA) is 102 Å². The molecular formula is C45H62N4O8. The van der Waals surface area contributed by atoms with Crippen molar-refractivity contribution >= 4 is 12.2 Å². The monoisotopic (exact) mass is 786 g/mol. The van der Waals surface area contributed by atoms with Crippen LogP contribution in [0.2, 0.25) is 0 Å². The predicted octanol–water partition coefficient (Wildman–Crippen LogP) is 7.30. The zero-order valence-corrected chi connectivity index (χ0v) is 34.6. The maximum Gasteiger partial charge on any atom is 0.419 e. The van der Waals surface area contributed by atoms with Crippen LogP contribution in [0.1, 0.15) is 76.5 Å². The predicted molar refractivity (Wildman–Crippen MR) is 217 cm³/mol. The van der Waals surface area contributed by atoms with Crippen LogP contribution in [0.5, 0.6) is 0 Å². The molecule has 310 valence electrons. The van der Waals surface area contributed by atoms with Gasteiger partial charge in [-0.25, -0.2) is 14.5 Å². The van der Waals surface area contributed by atoms with Crippen LogP contribution in [-0.4, -0.2) is 129 Å². The van der Waals surface area contributed by atoms with E-state index in [0.717, 1.165) is 31.2 Å². The Balaban J connectivity index is 0.959. The zero-order valence-electron chi connectivity index (χ0n) is 34.6. The molecule has 7 atom stereocenters. The van der Waals surface area contributed by atoms with Crippen LogP contribution in [0.4, 0.5) is 9.59 Å². The number of ether oxygens (including phenoxy) is 6. The second-order valence-electron chi connectivity index (χ2n) is 17.3. The third-order valence-corrected chi connectivity index (χ3v) is 10.3. The van der Waals surface area contributed by atoms with E-state index < -0.39 is 23.4 Å². The number of hydrogen-bond acceptors (Lipinski definition) is 11. The first-order chi connectivity index (χ1) is 27.3. The molecule has 0 saturated carbocycles. The lowest BCUT2D eigenvalue weighted by Crippen LogP contribution is -2.64. The number of carbonyl (C=O) groups is 2. The average molecular weight is 787 g/mol. The summed E-state index contributed by atoms with van der Waals surface area (Å²) in [6.07, 6.45) is -1.38. The minimum atomic E-state index is -0.774. The van der Waals surface area contributed by atoms with Crippen molar-refractivity contribution in [3.8, 4) is 0 Å². The number of benzene rings is 3. The van der Waals surface area contributed by atoms with Gasteiger partial charge < -0.3 is 28.4 Å². The molecule has 3 aromatic rings. The molecule has 0 N–H and O–H groups in total. The fourth-order valence-corrected chi connectivity index (χ4v) is 8.24. The second-order valence-corrected chi connectivity index (χ2v) is 17.3. The van der Waals surface area contributed by atoms with Crippen LogP contribution in [0.25, 0.3) is 0 Å². The Morgan fingerprint density at radius 3 is 1.53 bits per heavy atom. The summed E-state index contributed by atoms with van der Waals surface area (Å²) in [4.78, 5) is 34.3. The van der Waals surface area contributed by atoms with E-state index >= 15 is 0 Å². The minimum absolute atomic E-state index is 0.00284. The Hall–Kier alpha value is -3.88. The van der Waals surface area contributed by atoms with Gasteiger partial charge in [-0.2, -0.15) is 0 Å². The van der Waals surface area contributed by atoms with Gasteiger partial charge in [-0.05, 0) is 58.2 Å². The molecule has 4 saturated heterocycles. The smallest absolute Gasteiger partial charge is 0.419 e. The van der Waals surface area contributed by atoms with Gasteiger partial charge in [0.15, 0.2) is 0 Å². The highest BCUT2D eigenvalue weighted by Gasteiger charge is 2.57. The van der Waals surface area contributed by atoms with E-state index in [2.05, 4.69) is 106 Å². The van der Waals surface area contributed by atoms with Gasteiger partial charge in [0, 0.05) is 25.0 Å². The average Bonchev–Trinajstić information content (AvgIpc) is 3.32. The molecular weight excluding hydrogens is 725 g/mol. The number of carbonyl (C=O) groups excluding carboxylic acids is 2. The van der Waals surface area contributed by atoms with Gasteiger partial charge in [-0.3, -0.25) is 14.7 Å².